The van der Waals surface area contributed by atoms with Crippen molar-refractivity contribution in [1.29, 1.82) is 0 Å². The fourth-order valence-corrected chi connectivity index (χ4v) is 3.73. The van der Waals surface area contributed by atoms with Crippen LogP contribution in [0.4, 0.5) is 4.39 Å². The van der Waals surface area contributed by atoms with Gasteiger partial charge >= 0.3 is 0 Å². The van der Waals surface area contributed by atoms with Crippen LogP contribution in [0.25, 0.3) is 0 Å². The number of hydrogen-bond acceptors (Lipinski definition) is 3. The Kier molecular flexibility index (Phi) is 6.26. The number of halogens is 1. The first-order valence-electron chi connectivity index (χ1n) is 9.78. The second-order valence-electron chi connectivity index (χ2n) is 7.60. The Bertz CT molecular complexity index is 756. The molecule has 0 unspecified atom stereocenters. The predicted molar refractivity (Wildman–Crippen MR) is 104 cm³/mol. The molecule has 1 atom stereocenters. The minimum atomic E-state index is -0.209. The van der Waals surface area contributed by atoms with Gasteiger partial charge < -0.3 is 4.90 Å². The van der Waals surface area contributed by atoms with Crippen LogP contribution in [0.15, 0.2) is 36.7 Å². The van der Waals surface area contributed by atoms with Crippen LogP contribution in [0.2, 0.25) is 0 Å². The number of nitrogens with zero attached hydrogens (tertiary/aromatic N) is 4. The molecule has 0 bridgehead atoms. The van der Waals surface area contributed by atoms with E-state index in [4.69, 9.17) is 0 Å². The van der Waals surface area contributed by atoms with Gasteiger partial charge in [0.2, 0.25) is 0 Å². The molecular weight excluding hydrogens is 343 g/mol. The molecular formula is C21H29FN4O. The molecule has 6 heteroatoms. The normalized spacial score (nSPS) is 18.7. The van der Waals surface area contributed by atoms with Crippen molar-refractivity contribution >= 4 is 5.91 Å². The standard InChI is InChI=1S/C21H29FN4O/c1-4-26-14-18(12-23-26)21(27)25-11-5-10-24(20(15-25)16(2)3)13-17-6-8-19(22)9-7-17/h6-9,12,14,16,20H,4-5,10-11,13,15H2,1-3H3/t20-/m1/s1. The SMILES string of the molecule is CCn1cc(C(=O)N2CCCN(Cc3ccc(F)cc3)[C@@H](C(C)C)C2)cn1. The molecule has 146 valence electrons. The van der Waals surface area contributed by atoms with Crippen molar-refractivity contribution in [2.45, 2.75) is 46.3 Å². The molecule has 1 fully saturated rings. The van der Waals surface area contributed by atoms with E-state index in [2.05, 4.69) is 23.8 Å². The van der Waals surface area contributed by atoms with Crippen LogP contribution in [0.1, 0.15) is 43.1 Å². The summed E-state index contributed by atoms with van der Waals surface area (Å²) < 4.78 is 15.0. The molecule has 1 aromatic heterocycles. The maximum absolute atomic E-state index is 13.2. The fraction of sp³-hybridized carbons (Fsp3) is 0.524. The molecule has 0 spiro atoms. The molecule has 5 nitrogen and oxygen atoms in total. The van der Waals surface area contributed by atoms with Gasteiger partial charge in [-0.05, 0) is 37.0 Å². The first-order chi connectivity index (χ1) is 13.0. The quantitative estimate of drug-likeness (QED) is 0.808. The minimum Gasteiger partial charge on any atom is -0.337 e. The second-order valence-corrected chi connectivity index (χ2v) is 7.60. The Hall–Kier alpha value is -2.21. The molecule has 0 saturated carbocycles. The average Bonchev–Trinajstić information content (AvgIpc) is 3.04. The summed E-state index contributed by atoms with van der Waals surface area (Å²) in [6.07, 6.45) is 4.42. The minimum absolute atomic E-state index is 0.0592. The van der Waals surface area contributed by atoms with Crippen LogP contribution in [-0.2, 0) is 13.1 Å². The Morgan fingerprint density at radius 3 is 2.63 bits per heavy atom. The Morgan fingerprint density at radius 1 is 1.26 bits per heavy atom. The van der Waals surface area contributed by atoms with Gasteiger partial charge in [-0.2, -0.15) is 5.10 Å². The van der Waals surface area contributed by atoms with Crippen molar-refractivity contribution in [2.75, 3.05) is 19.6 Å². The largest absolute Gasteiger partial charge is 0.337 e. The van der Waals surface area contributed by atoms with Gasteiger partial charge in [0.15, 0.2) is 0 Å². The number of carbonyl (C=O) groups excluding carboxylic acids is 1. The molecule has 0 radical (unpaired) electrons. The molecule has 1 aliphatic rings. The molecule has 1 aliphatic heterocycles. The highest BCUT2D eigenvalue weighted by molar-refractivity contribution is 5.93. The van der Waals surface area contributed by atoms with Gasteiger partial charge in [0, 0.05) is 45.0 Å². The third-order valence-electron chi connectivity index (χ3n) is 5.31. The van der Waals surface area contributed by atoms with E-state index in [0.29, 0.717) is 18.0 Å². The van der Waals surface area contributed by atoms with E-state index < -0.39 is 0 Å². The highest BCUT2D eigenvalue weighted by atomic mass is 19.1. The summed E-state index contributed by atoms with van der Waals surface area (Å²) in [5.74, 6) is 0.264. The summed E-state index contributed by atoms with van der Waals surface area (Å²) in [7, 11) is 0. The van der Waals surface area contributed by atoms with Gasteiger partial charge in [0.1, 0.15) is 5.82 Å². The lowest BCUT2D eigenvalue weighted by Crippen LogP contribution is -2.45. The van der Waals surface area contributed by atoms with Crippen LogP contribution >= 0.6 is 0 Å². The fourth-order valence-electron chi connectivity index (χ4n) is 3.73. The first kappa shape index (κ1) is 19.5. The average molecular weight is 372 g/mol. The molecule has 2 heterocycles. The van der Waals surface area contributed by atoms with Crippen LogP contribution in [-0.4, -0.2) is 51.2 Å². The molecule has 1 aromatic carbocycles. The lowest BCUT2D eigenvalue weighted by molar-refractivity contribution is 0.0702. The zero-order valence-corrected chi connectivity index (χ0v) is 16.4. The van der Waals surface area contributed by atoms with E-state index in [1.165, 1.54) is 12.1 Å². The van der Waals surface area contributed by atoms with Gasteiger partial charge in [-0.25, -0.2) is 4.39 Å². The summed E-state index contributed by atoms with van der Waals surface area (Å²) in [6.45, 7) is 10.3. The van der Waals surface area contributed by atoms with E-state index in [1.807, 2.05) is 30.2 Å². The summed E-state index contributed by atoms with van der Waals surface area (Å²) in [6, 6.07) is 6.99. The number of hydrogen-bond donors (Lipinski definition) is 0. The maximum atomic E-state index is 13.2. The molecule has 1 amide bonds. The smallest absolute Gasteiger partial charge is 0.257 e. The van der Waals surface area contributed by atoms with E-state index >= 15 is 0 Å². The lowest BCUT2D eigenvalue weighted by atomic mass is 10.0. The number of rotatable bonds is 5. The number of carbonyl (C=O) groups is 1. The highest BCUT2D eigenvalue weighted by Gasteiger charge is 2.30. The van der Waals surface area contributed by atoms with Crippen molar-refractivity contribution in [1.82, 2.24) is 19.6 Å². The van der Waals surface area contributed by atoms with Crippen LogP contribution < -0.4 is 0 Å². The monoisotopic (exact) mass is 372 g/mol. The summed E-state index contributed by atoms with van der Waals surface area (Å²) in [4.78, 5) is 17.4. The zero-order chi connectivity index (χ0) is 19.4. The lowest BCUT2D eigenvalue weighted by Gasteiger charge is -2.34. The van der Waals surface area contributed by atoms with Crippen LogP contribution in [0, 0.1) is 11.7 Å². The van der Waals surface area contributed by atoms with Crippen LogP contribution in [0.3, 0.4) is 0 Å². The highest BCUT2D eigenvalue weighted by Crippen LogP contribution is 2.21. The molecule has 2 aromatic rings. The third-order valence-corrected chi connectivity index (χ3v) is 5.31. The second kappa shape index (κ2) is 8.65. The van der Waals surface area contributed by atoms with Crippen molar-refractivity contribution in [3.05, 3.63) is 53.6 Å². The molecule has 0 N–H and O–H groups in total. The topological polar surface area (TPSA) is 41.4 Å². The molecule has 27 heavy (non-hydrogen) atoms. The van der Waals surface area contributed by atoms with E-state index in [0.717, 1.165) is 38.2 Å². The van der Waals surface area contributed by atoms with Gasteiger partial charge in [0.05, 0.1) is 11.8 Å². The van der Waals surface area contributed by atoms with Crippen molar-refractivity contribution in [3.63, 3.8) is 0 Å². The Balaban J connectivity index is 1.74. The Labute approximate surface area is 160 Å². The van der Waals surface area contributed by atoms with Gasteiger partial charge in [-0.1, -0.05) is 26.0 Å². The Morgan fingerprint density at radius 2 is 2.00 bits per heavy atom. The maximum Gasteiger partial charge on any atom is 0.257 e. The summed E-state index contributed by atoms with van der Waals surface area (Å²) in [5.41, 5.74) is 1.76. The van der Waals surface area contributed by atoms with E-state index in [-0.39, 0.29) is 17.8 Å². The van der Waals surface area contributed by atoms with Crippen LogP contribution in [0.5, 0.6) is 0 Å². The zero-order valence-electron chi connectivity index (χ0n) is 16.4. The third kappa shape index (κ3) is 4.75. The number of aromatic nitrogens is 2. The van der Waals surface area contributed by atoms with E-state index in [9.17, 15) is 9.18 Å². The summed E-state index contributed by atoms with van der Waals surface area (Å²) in [5, 5.41) is 4.23. The van der Waals surface area contributed by atoms with E-state index in [1.54, 1.807) is 10.9 Å². The van der Waals surface area contributed by atoms with Gasteiger partial charge in [-0.15, -0.1) is 0 Å². The number of aryl methyl sites for hydroxylation is 1. The first-order valence-corrected chi connectivity index (χ1v) is 9.78. The predicted octanol–water partition coefficient (Wildman–Crippen LogP) is 3.41. The van der Waals surface area contributed by atoms with Crippen molar-refractivity contribution < 1.29 is 9.18 Å². The molecule has 1 saturated heterocycles. The molecule has 3 rings (SSSR count). The summed E-state index contributed by atoms with van der Waals surface area (Å²) >= 11 is 0. The van der Waals surface area contributed by atoms with Crippen molar-refractivity contribution in [2.24, 2.45) is 5.92 Å². The molecule has 0 aliphatic carbocycles. The number of amides is 1. The number of benzene rings is 1. The van der Waals surface area contributed by atoms with Gasteiger partial charge in [0.25, 0.3) is 5.91 Å². The van der Waals surface area contributed by atoms with Crippen molar-refractivity contribution in [3.8, 4) is 0 Å². The van der Waals surface area contributed by atoms with Gasteiger partial charge in [-0.3, -0.25) is 14.4 Å².